The lowest BCUT2D eigenvalue weighted by atomic mass is 10.0. The molecule has 1 N–H and O–H groups in total. The summed E-state index contributed by atoms with van der Waals surface area (Å²) in [5.74, 6) is 1.82. The fourth-order valence-corrected chi connectivity index (χ4v) is 2.40. The minimum Gasteiger partial charge on any atom is -0.370 e. The molecule has 1 rings (SSSR count). The maximum atomic E-state index is 4.37. The SMILES string of the molecule is CCCNc1cc(CN(CC)CC(CC)CC)ccn1. The zero-order valence-corrected chi connectivity index (χ0v) is 13.7. The van der Waals surface area contributed by atoms with E-state index in [-0.39, 0.29) is 0 Å². The van der Waals surface area contributed by atoms with Crippen molar-refractivity contribution in [3.05, 3.63) is 23.9 Å². The third-order valence-corrected chi connectivity index (χ3v) is 3.90. The van der Waals surface area contributed by atoms with E-state index in [4.69, 9.17) is 0 Å². The van der Waals surface area contributed by atoms with Crippen molar-refractivity contribution in [3.8, 4) is 0 Å². The van der Waals surface area contributed by atoms with Crippen LogP contribution in [0.1, 0.15) is 52.5 Å². The van der Waals surface area contributed by atoms with Gasteiger partial charge in [-0.3, -0.25) is 4.90 Å². The van der Waals surface area contributed by atoms with Gasteiger partial charge in [0.25, 0.3) is 0 Å². The average Bonchev–Trinajstić information content (AvgIpc) is 2.49. The molecule has 0 aromatic carbocycles. The van der Waals surface area contributed by atoms with Gasteiger partial charge in [-0.25, -0.2) is 4.98 Å². The first-order valence-electron chi connectivity index (χ1n) is 8.14. The number of nitrogens with zero attached hydrogens (tertiary/aromatic N) is 2. The molecule has 0 aliphatic rings. The van der Waals surface area contributed by atoms with E-state index in [1.807, 2.05) is 6.20 Å². The summed E-state index contributed by atoms with van der Waals surface area (Å²) in [6, 6.07) is 4.32. The minimum atomic E-state index is 0.814. The summed E-state index contributed by atoms with van der Waals surface area (Å²) < 4.78 is 0. The Labute approximate surface area is 124 Å². The highest BCUT2D eigenvalue weighted by Crippen LogP contribution is 2.14. The molecule has 20 heavy (non-hydrogen) atoms. The number of anilines is 1. The highest BCUT2D eigenvalue weighted by molar-refractivity contribution is 5.37. The standard InChI is InChI=1S/C17H31N3/c1-5-10-18-17-12-16(9-11-19-17)14-20(8-4)13-15(6-2)7-3/h9,11-12,15H,5-8,10,13-14H2,1-4H3,(H,18,19). The molecule has 0 saturated heterocycles. The van der Waals surface area contributed by atoms with Crippen LogP contribution in [-0.2, 0) is 6.54 Å². The first kappa shape index (κ1) is 17.0. The number of nitrogens with one attached hydrogen (secondary N) is 1. The zero-order chi connectivity index (χ0) is 14.8. The predicted molar refractivity (Wildman–Crippen MR) is 88.0 cm³/mol. The van der Waals surface area contributed by atoms with Crippen LogP contribution in [0.5, 0.6) is 0 Å². The Hall–Kier alpha value is -1.09. The molecule has 114 valence electrons. The van der Waals surface area contributed by atoms with Crippen molar-refractivity contribution in [2.75, 3.05) is 25.0 Å². The van der Waals surface area contributed by atoms with Gasteiger partial charge in [0, 0.05) is 25.8 Å². The molecule has 3 nitrogen and oxygen atoms in total. The largest absolute Gasteiger partial charge is 0.370 e. The molecule has 0 aliphatic heterocycles. The topological polar surface area (TPSA) is 28.2 Å². The normalized spacial score (nSPS) is 11.3. The Balaban J connectivity index is 2.60. The zero-order valence-electron chi connectivity index (χ0n) is 13.7. The first-order chi connectivity index (χ1) is 9.73. The molecule has 0 bridgehead atoms. The maximum absolute atomic E-state index is 4.37. The van der Waals surface area contributed by atoms with Gasteiger partial charge in [0.2, 0.25) is 0 Å². The monoisotopic (exact) mass is 277 g/mol. The third-order valence-electron chi connectivity index (χ3n) is 3.90. The smallest absolute Gasteiger partial charge is 0.126 e. The van der Waals surface area contributed by atoms with Gasteiger partial charge in [-0.05, 0) is 36.6 Å². The molecular weight excluding hydrogens is 246 g/mol. The highest BCUT2D eigenvalue weighted by atomic mass is 15.1. The van der Waals surface area contributed by atoms with Crippen molar-refractivity contribution < 1.29 is 0 Å². The first-order valence-corrected chi connectivity index (χ1v) is 8.14. The lowest BCUT2D eigenvalue weighted by Gasteiger charge is -2.25. The van der Waals surface area contributed by atoms with E-state index in [1.54, 1.807) is 0 Å². The van der Waals surface area contributed by atoms with Crippen LogP contribution >= 0.6 is 0 Å². The Bertz CT molecular complexity index is 361. The van der Waals surface area contributed by atoms with Gasteiger partial charge in [0.1, 0.15) is 5.82 Å². The van der Waals surface area contributed by atoms with E-state index in [0.717, 1.165) is 37.8 Å². The summed E-state index contributed by atoms with van der Waals surface area (Å²) in [4.78, 5) is 6.91. The van der Waals surface area contributed by atoms with E-state index in [1.165, 1.54) is 24.9 Å². The maximum Gasteiger partial charge on any atom is 0.126 e. The molecule has 0 amide bonds. The molecule has 1 aromatic rings. The second kappa shape index (κ2) is 9.76. The molecule has 1 aromatic heterocycles. The van der Waals surface area contributed by atoms with Gasteiger partial charge in [0.05, 0.1) is 0 Å². The average molecular weight is 277 g/mol. The molecule has 0 atom stereocenters. The summed E-state index contributed by atoms with van der Waals surface area (Å²) >= 11 is 0. The molecule has 3 heteroatoms. The Morgan fingerprint density at radius 2 is 1.95 bits per heavy atom. The van der Waals surface area contributed by atoms with Gasteiger partial charge >= 0.3 is 0 Å². The van der Waals surface area contributed by atoms with Gasteiger partial charge < -0.3 is 5.32 Å². The van der Waals surface area contributed by atoms with Crippen molar-refractivity contribution in [1.29, 1.82) is 0 Å². The van der Waals surface area contributed by atoms with E-state index < -0.39 is 0 Å². The Morgan fingerprint density at radius 3 is 2.55 bits per heavy atom. The molecular formula is C17H31N3. The lowest BCUT2D eigenvalue weighted by Crippen LogP contribution is -2.28. The lowest BCUT2D eigenvalue weighted by molar-refractivity contribution is 0.226. The molecule has 0 unspecified atom stereocenters. The van der Waals surface area contributed by atoms with Gasteiger partial charge in [0.15, 0.2) is 0 Å². The summed E-state index contributed by atoms with van der Waals surface area (Å²) in [5, 5.41) is 3.36. The number of hydrogen-bond donors (Lipinski definition) is 1. The van der Waals surface area contributed by atoms with E-state index >= 15 is 0 Å². The number of rotatable bonds is 10. The van der Waals surface area contributed by atoms with Crippen LogP contribution in [0.15, 0.2) is 18.3 Å². The second-order valence-electron chi connectivity index (χ2n) is 5.49. The van der Waals surface area contributed by atoms with Gasteiger partial charge in [-0.15, -0.1) is 0 Å². The van der Waals surface area contributed by atoms with E-state index in [9.17, 15) is 0 Å². The fourth-order valence-electron chi connectivity index (χ4n) is 2.40. The second-order valence-corrected chi connectivity index (χ2v) is 5.49. The van der Waals surface area contributed by atoms with Gasteiger partial charge in [-0.1, -0.05) is 40.5 Å². The Kier molecular flexibility index (Phi) is 8.28. The molecule has 1 heterocycles. The van der Waals surface area contributed by atoms with Crippen LogP contribution in [0.25, 0.3) is 0 Å². The fraction of sp³-hybridized carbons (Fsp3) is 0.706. The van der Waals surface area contributed by atoms with Crippen molar-refractivity contribution in [3.63, 3.8) is 0 Å². The summed E-state index contributed by atoms with van der Waals surface area (Å²) in [7, 11) is 0. The van der Waals surface area contributed by atoms with Crippen LogP contribution in [0, 0.1) is 5.92 Å². The summed E-state index contributed by atoms with van der Waals surface area (Å²) in [6.45, 7) is 13.3. The van der Waals surface area contributed by atoms with Crippen LogP contribution in [0.4, 0.5) is 5.82 Å². The van der Waals surface area contributed by atoms with Crippen molar-refractivity contribution in [2.24, 2.45) is 5.92 Å². The Morgan fingerprint density at radius 1 is 1.20 bits per heavy atom. The molecule has 0 fully saturated rings. The van der Waals surface area contributed by atoms with Crippen molar-refractivity contribution >= 4 is 5.82 Å². The summed E-state index contributed by atoms with van der Waals surface area (Å²) in [5.41, 5.74) is 1.35. The number of aromatic nitrogens is 1. The van der Waals surface area contributed by atoms with Crippen LogP contribution < -0.4 is 5.32 Å². The van der Waals surface area contributed by atoms with Crippen molar-refractivity contribution in [1.82, 2.24) is 9.88 Å². The molecule has 0 spiro atoms. The van der Waals surface area contributed by atoms with E-state index in [0.29, 0.717) is 0 Å². The van der Waals surface area contributed by atoms with Gasteiger partial charge in [-0.2, -0.15) is 0 Å². The van der Waals surface area contributed by atoms with Crippen LogP contribution in [0.3, 0.4) is 0 Å². The predicted octanol–water partition coefficient (Wildman–Crippen LogP) is 4.16. The van der Waals surface area contributed by atoms with Crippen LogP contribution in [0.2, 0.25) is 0 Å². The molecule has 0 aliphatic carbocycles. The number of pyridine rings is 1. The highest BCUT2D eigenvalue weighted by Gasteiger charge is 2.10. The van der Waals surface area contributed by atoms with Crippen molar-refractivity contribution in [2.45, 2.75) is 53.5 Å². The van der Waals surface area contributed by atoms with E-state index in [2.05, 4.69) is 55.0 Å². The quantitative estimate of drug-likeness (QED) is 0.696. The third kappa shape index (κ3) is 5.91. The number of hydrogen-bond acceptors (Lipinski definition) is 3. The molecule has 0 saturated carbocycles. The minimum absolute atomic E-state index is 0.814. The van der Waals surface area contributed by atoms with Crippen LogP contribution in [-0.4, -0.2) is 29.5 Å². The summed E-state index contributed by atoms with van der Waals surface area (Å²) in [6.07, 6.45) is 5.58. The molecule has 0 radical (unpaired) electrons.